The van der Waals surface area contributed by atoms with E-state index in [2.05, 4.69) is 93.7 Å². The van der Waals surface area contributed by atoms with Gasteiger partial charge in [0, 0.05) is 19.3 Å². The van der Waals surface area contributed by atoms with Crippen molar-refractivity contribution < 1.29 is 28.6 Å². The molecule has 76 heavy (non-hydrogen) atoms. The second-order valence-electron chi connectivity index (χ2n) is 22.0. The molecule has 0 aromatic carbocycles. The lowest BCUT2D eigenvalue weighted by Crippen LogP contribution is -2.30. The van der Waals surface area contributed by atoms with Crippen molar-refractivity contribution in [2.24, 2.45) is 0 Å². The molecular weight excluding hydrogens is 937 g/mol. The molecule has 0 bridgehead atoms. The molecule has 0 amide bonds. The molecule has 0 saturated heterocycles. The van der Waals surface area contributed by atoms with Gasteiger partial charge in [-0.3, -0.25) is 14.4 Å². The van der Waals surface area contributed by atoms with E-state index in [1.54, 1.807) is 0 Å². The zero-order valence-corrected chi connectivity index (χ0v) is 50.5. The predicted octanol–water partition coefficient (Wildman–Crippen LogP) is 22.5. The van der Waals surface area contributed by atoms with Gasteiger partial charge in [0.1, 0.15) is 13.2 Å². The van der Waals surface area contributed by atoms with Crippen LogP contribution in [-0.2, 0) is 28.6 Å². The van der Waals surface area contributed by atoms with Crippen molar-refractivity contribution >= 4 is 17.9 Å². The van der Waals surface area contributed by atoms with Crippen molar-refractivity contribution in [3.63, 3.8) is 0 Å². The second kappa shape index (κ2) is 64.4. The summed E-state index contributed by atoms with van der Waals surface area (Å²) in [5.41, 5.74) is 0. The van der Waals surface area contributed by atoms with Gasteiger partial charge in [-0.25, -0.2) is 0 Å². The maximum atomic E-state index is 12.9. The summed E-state index contributed by atoms with van der Waals surface area (Å²) >= 11 is 0. The van der Waals surface area contributed by atoms with Crippen LogP contribution in [0.4, 0.5) is 0 Å². The standard InChI is InChI=1S/C70H124O6/c1-4-7-10-13-16-19-22-25-28-30-32-33-34-35-36-37-38-40-42-45-48-51-54-57-60-63-69(72)75-66-67(65-74-68(71)62-59-56-53-50-47-44-41-27-24-21-18-15-12-9-6-3)76-70(73)64-61-58-55-52-49-46-43-39-31-29-26-23-20-17-14-11-8-5-2/h7,10,16,19-20,23,25,28-29,31-33,67H,4-6,8-9,11-15,17-18,21-22,24,26-27,30,34-66H2,1-3H3/b10-7-,19-16-,23-20-,28-25-,31-29-,33-32-. The van der Waals surface area contributed by atoms with Gasteiger partial charge >= 0.3 is 17.9 Å². The Morgan fingerprint density at radius 1 is 0.276 bits per heavy atom. The van der Waals surface area contributed by atoms with Gasteiger partial charge in [-0.05, 0) is 89.9 Å². The Bertz CT molecular complexity index is 1400. The number of carbonyl (C=O) groups excluding carboxylic acids is 3. The van der Waals surface area contributed by atoms with Crippen molar-refractivity contribution in [1.29, 1.82) is 0 Å². The van der Waals surface area contributed by atoms with Gasteiger partial charge in [0.25, 0.3) is 0 Å². The number of esters is 3. The van der Waals surface area contributed by atoms with Crippen LogP contribution in [0.3, 0.4) is 0 Å². The van der Waals surface area contributed by atoms with Gasteiger partial charge in [-0.15, -0.1) is 0 Å². The summed E-state index contributed by atoms with van der Waals surface area (Å²) in [6, 6.07) is 0. The van der Waals surface area contributed by atoms with Crippen LogP contribution in [0, 0.1) is 0 Å². The minimum Gasteiger partial charge on any atom is -0.462 e. The molecule has 0 aliphatic heterocycles. The van der Waals surface area contributed by atoms with Crippen molar-refractivity contribution in [1.82, 2.24) is 0 Å². The Morgan fingerprint density at radius 3 is 0.816 bits per heavy atom. The van der Waals surface area contributed by atoms with Crippen LogP contribution in [0.15, 0.2) is 72.9 Å². The van der Waals surface area contributed by atoms with Gasteiger partial charge in [0.2, 0.25) is 0 Å². The Labute approximate surface area is 472 Å². The summed E-state index contributed by atoms with van der Waals surface area (Å²) in [5, 5.41) is 0. The van der Waals surface area contributed by atoms with Crippen molar-refractivity contribution in [2.75, 3.05) is 13.2 Å². The van der Waals surface area contributed by atoms with E-state index in [0.717, 1.165) is 96.3 Å². The molecule has 1 unspecified atom stereocenters. The molecule has 0 aliphatic rings. The van der Waals surface area contributed by atoms with Crippen LogP contribution in [-0.4, -0.2) is 37.2 Å². The first kappa shape index (κ1) is 72.8. The molecule has 6 nitrogen and oxygen atoms in total. The van der Waals surface area contributed by atoms with E-state index in [0.29, 0.717) is 19.3 Å². The Balaban J connectivity index is 4.32. The van der Waals surface area contributed by atoms with E-state index in [1.807, 2.05) is 0 Å². The van der Waals surface area contributed by atoms with Gasteiger partial charge in [-0.2, -0.15) is 0 Å². The van der Waals surface area contributed by atoms with Crippen LogP contribution in [0.25, 0.3) is 0 Å². The molecule has 0 aromatic heterocycles. The molecule has 0 saturated carbocycles. The number of hydrogen-bond donors (Lipinski definition) is 0. The van der Waals surface area contributed by atoms with Crippen LogP contribution in [0.2, 0.25) is 0 Å². The summed E-state index contributed by atoms with van der Waals surface area (Å²) in [4.78, 5) is 38.4. The van der Waals surface area contributed by atoms with Crippen LogP contribution in [0.1, 0.15) is 335 Å². The fraction of sp³-hybridized carbons (Fsp3) is 0.786. The third-order valence-electron chi connectivity index (χ3n) is 14.4. The highest BCUT2D eigenvalue weighted by atomic mass is 16.6. The van der Waals surface area contributed by atoms with Gasteiger partial charge in [0.15, 0.2) is 6.10 Å². The molecule has 440 valence electrons. The average molecular weight is 1060 g/mol. The topological polar surface area (TPSA) is 78.9 Å². The van der Waals surface area contributed by atoms with Gasteiger partial charge < -0.3 is 14.2 Å². The van der Waals surface area contributed by atoms with Crippen molar-refractivity contribution in [2.45, 2.75) is 341 Å². The van der Waals surface area contributed by atoms with Crippen LogP contribution < -0.4 is 0 Å². The maximum absolute atomic E-state index is 12.9. The third kappa shape index (κ3) is 61.7. The highest BCUT2D eigenvalue weighted by Crippen LogP contribution is 2.17. The summed E-state index contributed by atoms with van der Waals surface area (Å²) in [7, 11) is 0. The van der Waals surface area contributed by atoms with Crippen LogP contribution in [0.5, 0.6) is 0 Å². The van der Waals surface area contributed by atoms with E-state index in [-0.39, 0.29) is 31.1 Å². The largest absolute Gasteiger partial charge is 0.462 e. The highest BCUT2D eigenvalue weighted by molar-refractivity contribution is 5.71. The molecule has 0 aromatic rings. The van der Waals surface area contributed by atoms with Crippen molar-refractivity contribution in [3.8, 4) is 0 Å². The maximum Gasteiger partial charge on any atom is 0.306 e. The summed E-state index contributed by atoms with van der Waals surface area (Å²) in [6.07, 6.45) is 83.3. The molecule has 0 heterocycles. The SMILES string of the molecule is CC/C=C\C/C=C\C/C=C\C/C=C\CCCCCCCCCCCCCCC(=O)OCC(COC(=O)CCCCCCCCCCCCCCCCC)OC(=O)CCCCCCCCC/C=C\C/C=C\CCCCCC. The first-order chi connectivity index (χ1) is 37.5. The molecule has 0 fully saturated rings. The number of allylic oxidation sites excluding steroid dienone is 12. The molecule has 0 aliphatic carbocycles. The highest BCUT2D eigenvalue weighted by Gasteiger charge is 2.19. The first-order valence-corrected chi connectivity index (χ1v) is 32.9. The van der Waals surface area contributed by atoms with Crippen LogP contribution >= 0.6 is 0 Å². The summed E-state index contributed by atoms with van der Waals surface area (Å²) in [6.45, 7) is 6.55. The lowest BCUT2D eigenvalue weighted by molar-refractivity contribution is -0.167. The minimum absolute atomic E-state index is 0.0751. The Morgan fingerprint density at radius 2 is 0.513 bits per heavy atom. The zero-order valence-electron chi connectivity index (χ0n) is 50.5. The van der Waals surface area contributed by atoms with E-state index < -0.39 is 6.10 Å². The molecule has 6 heteroatoms. The molecule has 0 N–H and O–H groups in total. The smallest absolute Gasteiger partial charge is 0.306 e. The van der Waals surface area contributed by atoms with Gasteiger partial charge in [0.05, 0.1) is 0 Å². The fourth-order valence-electron chi connectivity index (χ4n) is 9.53. The number of ether oxygens (including phenoxy) is 3. The summed E-state index contributed by atoms with van der Waals surface area (Å²) < 4.78 is 17.0. The number of hydrogen-bond acceptors (Lipinski definition) is 6. The molecular formula is C70H124O6. The quantitative estimate of drug-likeness (QED) is 0.0261. The Kier molecular flexibility index (Phi) is 61.7. The monoisotopic (exact) mass is 1060 g/mol. The molecule has 0 radical (unpaired) electrons. The molecule has 0 rings (SSSR count). The van der Waals surface area contributed by atoms with E-state index >= 15 is 0 Å². The third-order valence-corrected chi connectivity index (χ3v) is 14.4. The minimum atomic E-state index is -0.779. The first-order valence-electron chi connectivity index (χ1n) is 32.9. The number of unbranched alkanes of at least 4 members (excludes halogenated alkanes) is 37. The lowest BCUT2D eigenvalue weighted by atomic mass is 10.0. The Hall–Kier alpha value is -3.15. The van der Waals surface area contributed by atoms with E-state index in [4.69, 9.17) is 14.2 Å². The fourth-order valence-corrected chi connectivity index (χ4v) is 9.53. The predicted molar refractivity (Wildman–Crippen MR) is 330 cm³/mol. The number of rotatable bonds is 60. The average Bonchev–Trinajstić information content (AvgIpc) is 3.42. The van der Waals surface area contributed by atoms with Gasteiger partial charge in [-0.1, -0.05) is 299 Å². The zero-order chi connectivity index (χ0) is 55.0. The molecule has 1 atom stereocenters. The van der Waals surface area contributed by atoms with E-state index in [9.17, 15) is 14.4 Å². The number of carbonyl (C=O) groups is 3. The van der Waals surface area contributed by atoms with Crippen molar-refractivity contribution in [3.05, 3.63) is 72.9 Å². The second-order valence-corrected chi connectivity index (χ2v) is 22.0. The van der Waals surface area contributed by atoms with E-state index in [1.165, 1.54) is 199 Å². The summed E-state index contributed by atoms with van der Waals surface area (Å²) in [5.74, 6) is -0.866. The molecule has 0 spiro atoms. The normalized spacial score (nSPS) is 12.5. The lowest BCUT2D eigenvalue weighted by Gasteiger charge is -2.18.